The zero-order chi connectivity index (χ0) is 21.1. The molecule has 1 aliphatic rings. The normalized spacial score (nSPS) is 20.9. The topological polar surface area (TPSA) is 79.1 Å². The highest BCUT2D eigenvalue weighted by molar-refractivity contribution is 7.99. The van der Waals surface area contributed by atoms with Crippen molar-refractivity contribution in [3.63, 3.8) is 0 Å². The predicted octanol–water partition coefficient (Wildman–Crippen LogP) is 1.39. The first-order valence-electron chi connectivity index (χ1n) is 9.42. The van der Waals surface area contributed by atoms with Gasteiger partial charge in [0.1, 0.15) is 10.8 Å². The molecular formula is C20H25BrClN3O3S2. The van der Waals surface area contributed by atoms with Gasteiger partial charge in [-0.3, -0.25) is 4.48 Å². The molecule has 0 spiro atoms. The van der Waals surface area contributed by atoms with Gasteiger partial charge in [-0.1, -0.05) is 58.2 Å². The average Bonchev–Trinajstić information content (AvgIpc) is 3.06. The Kier molecular flexibility index (Phi) is 8.51. The third kappa shape index (κ3) is 4.76. The molecule has 0 saturated carbocycles. The number of quaternary nitrogens is 1. The van der Waals surface area contributed by atoms with Crippen molar-refractivity contribution in [1.29, 1.82) is 0 Å². The van der Waals surface area contributed by atoms with Crippen LogP contribution in [0, 0.1) is 0 Å². The minimum absolute atomic E-state index is 0. The number of benzene rings is 2. The minimum atomic E-state index is -4.09. The second kappa shape index (κ2) is 10.1. The lowest BCUT2D eigenvalue weighted by Gasteiger charge is -2.43. The molecule has 0 amide bonds. The highest BCUT2D eigenvalue weighted by Gasteiger charge is 2.54. The largest absolute Gasteiger partial charge is 1.00 e. The van der Waals surface area contributed by atoms with E-state index in [9.17, 15) is 13.5 Å². The van der Waals surface area contributed by atoms with Gasteiger partial charge < -0.3 is 22.1 Å². The van der Waals surface area contributed by atoms with Crippen molar-refractivity contribution in [2.45, 2.75) is 31.0 Å². The molecule has 10 heteroatoms. The Hall–Kier alpha value is -0.970. The summed E-state index contributed by atoms with van der Waals surface area (Å²) in [5, 5.41) is 15.4. The van der Waals surface area contributed by atoms with E-state index in [-0.39, 0.29) is 33.4 Å². The van der Waals surface area contributed by atoms with Crippen molar-refractivity contribution in [2.75, 3.05) is 24.7 Å². The van der Waals surface area contributed by atoms with Gasteiger partial charge in [-0.15, -0.1) is 0 Å². The fourth-order valence-corrected chi connectivity index (χ4v) is 6.70. The molecule has 1 N–H and O–H groups in total. The Morgan fingerprint density at radius 3 is 2.47 bits per heavy atom. The van der Waals surface area contributed by atoms with Gasteiger partial charge in [0.15, 0.2) is 0 Å². The summed E-state index contributed by atoms with van der Waals surface area (Å²) in [5.74, 6) is 1.26. The summed E-state index contributed by atoms with van der Waals surface area (Å²) < 4.78 is 29.6. The van der Waals surface area contributed by atoms with E-state index in [1.165, 1.54) is 12.1 Å². The maximum Gasteiger partial charge on any atom is 0.300 e. The van der Waals surface area contributed by atoms with Crippen molar-refractivity contribution < 1.29 is 35.0 Å². The number of sulfonamides is 1. The van der Waals surface area contributed by atoms with Gasteiger partial charge in [-0.05, 0) is 37.6 Å². The van der Waals surface area contributed by atoms with Gasteiger partial charge in [-0.25, -0.2) is 0 Å². The van der Waals surface area contributed by atoms with Crippen molar-refractivity contribution in [1.82, 2.24) is 0 Å². The summed E-state index contributed by atoms with van der Waals surface area (Å²) in [6.45, 7) is 5.70. The summed E-state index contributed by atoms with van der Waals surface area (Å²) >= 11 is 7.85. The Bertz CT molecular complexity index is 1000. The monoisotopic (exact) mass is 533 g/mol. The number of nitrogens with zero attached hydrogens (tertiary/aromatic N) is 3. The van der Waals surface area contributed by atoms with E-state index >= 15 is 0 Å². The molecule has 164 valence electrons. The van der Waals surface area contributed by atoms with Crippen LogP contribution in [0.5, 0.6) is 0 Å². The molecule has 0 aromatic heterocycles. The lowest BCUT2D eigenvalue weighted by Crippen LogP contribution is -3.00. The highest BCUT2D eigenvalue weighted by Crippen LogP contribution is 2.44. The number of halogens is 2. The first kappa shape index (κ1) is 25.3. The van der Waals surface area contributed by atoms with E-state index in [2.05, 4.69) is 9.63 Å². The number of aliphatic hydroxyl groups is 1. The second-order valence-corrected chi connectivity index (χ2v) is 9.97. The number of rotatable bonds is 7. The Labute approximate surface area is 197 Å². The summed E-state index contributed by atoms with van der Waals surface area (Å²) in [4.78, 5) is -0.135. The third-order valence-corrected chi connectivity index (χ3v) is 8.52. The fraction of sp³-hybridized carbons (Fsp3) is 0.400. The standard InChI is InChI=1S/C20H25ClN3O3S2.BrH/c1-3-24(4-2)15-28-14-20(24,25)17-10-11-18(21)19(12-17)29(26,27)23-22-13-16-8-6-5-7-9-16;/h5-12,25H,3-4,13-15H2,1-2H3;1H/q+1;/p-1. The highest BCUT2D eigenvalue weighted by atomic mass is 79.9. The summed E-state index contributed by atoms with van der Waals surface area (Å²) in [6.07, 6.45) is 0. The first-order valence-corrected chi connectivity index (χ1v) is 12.4. The summed E-state index contributed by atoms with van der Waals surface area (Å²) in [5.41, 5.74) is 0.216. The van der Waals surface area contributed by atoms with Crippen LogP contribution >= 0.6 is 23.4 Å². The van der Waals surface area contributed by atoms with E-state index in [1.807, 2.05) is 44.2 Å². The van der Waals surface area contributed by atoms with Gasteiger partial charge >= 0.3 is 10.0 Å². The van der Waals surface area contributed by atoms with Crippen LogP contribution in [0.25, 0.3) is 0 Å². The third-order valence-electron chi connectivity index (χ3n) is 5.57. The molecule has 1 atom stereocenters. The SMILES string of the molecule is CC[N+]1(CC)CSCC1(O)c1ccc(Cl)c(S(=O)(=O)N=NCc2ccccc2)c1.[Br-]. The number of hydrogen-bond acceptors (Lipinski definition) is 5. The van der Waals surface area contributed by atoms with Crippen LogP contribution in [0.4, 0.5) is 0 Å². The zero-order valence-electron chi connectivity index (χ0n) is 16.8. The van der Waals surface area contributed by atoms with E-state index in [4.69, 9.17) is 11.6 Å². The molecule has 1 heterocycles. The van der Waals surface area contributed by atoms with Crippen molar-refractivity contribution >= 4 is 33.4 Å². The maximum atomic E-state index is 12.8. The predicted molar refractivity (Wildman–Crippen MR) is 116 cm³/mol. The van der Waals surface area contributed by atoms with Crippen LogP contribution in [0.3, 0.4) is 0 Å². The molecule has 1 aliphatic heterocycles. The van der Waals surface area contributed by atoms with E-state index < -0.39 is 15.7 Å². The van der Waals surface area contributed by atoms with Gasteiger partial charge in [0.2, 0.25) is 5.72 Å². The average molecular weight is 535 g/mol. The van der Waals surface area contributed by atoms with E-state index in [0.717, 1.165) is 24.5 Å². The van der Waals surface area contributed by atoms with Crippen molar-refractivity contribution in [3.05, 3.63) is 64.7 Å². The Morgan fingerprint density at radius 1 is 1.17 bits per heavy atom. The van der Waals surface area contributed by atoms with Crippen molar-refractivity contribution in [3.8, 4) is 0 Å². The second-order valence-electron chi connectivity index (χ2n) is 7.06. The van der Waals surface area contributed by atoms with Crippen LogP contribution in [-0.4, -0.2) is 42.7 Å². The van der Waals surface area contributed by atoms with E-state index in [1.54, 1.807) is 17.8 Å². The molecule has 1 saturated heterocycles. The molecule has 2 aromatic carbocycles. The molecule has 3 rings (SSSR count). The van der Waals surface area contributed by atoms with Crippen LogP contribution in [0.1, 0.15) is 25.0 Å². The van der Waals surface area contributed by atoms with Gasteiger partial charge in [0, 0.05) is 5.56 Å². The quantitative estimate of drug-likeness (QED) is 0.430. The smallest absolute Gasteiger partial charge is 0.300 e. The minimum Gasteiger partial charge on any atom is -1.00 e. The molecule has 0 aliphatic carbocycles. The Balaban J connectivity index is 0.00000320. The molecule has 30 heavy (non-hydrogen) atoms. The molecule has 2 aromatic rings. The lowest BCUT2D eigenvalue weighted by molar-refractivity contribution is -0.987. The van der Waals surface area contributed by atoms with Crippen LogP contribution < -0.4 is 17.0 Å². The fourth-order valence-electron chi connectivity index (χ4n) is 3.66. The zero-order valence-corrected chi connectivity index (χ0v) is 20.8. The maximum absolute atomic E-state index is 12.8. The van der Waals surface area contributed by atoms with Crippen molar-refractivity contribution in [2.24, 2.45) is 9.63 Å². The van der Waals surface area contributed by atoms with E-state index in [0.29, 0.717) is 15.8 Å². The van der Waals surface area contributed by atoms with Gasteiger partial charge in [0.05, 0.1) is 30.4 Å². The van der Waals surface area contributed by atoms with Gasteiger partial charge in [-0.2, -0.15) is 13.5 Å². The van der Waals surface area contributed by atoms with Crippen LogP contribution in [0.15, 0.2) is 63.1 Å². The molecule has 1 unspecified atom stereocenters. The Morgan fingerprint density at radius 2 is 1.83 bits per heavy atom. The molecule has 1 fully saturated rings. The lowest BCUT2D eigenvalue weighted by atomic mass is 10.0. The molecular weight excluding hydrogens is 510 g/mol. The van der Waals surface area contributed by atoms with Gasteiger partial charge in [0.25, 0.3) is 0 Å². The first-order chi connectivity index (χ1) is 13.8. The van der Waals surface area contributed by atoms with Crippen LogP contribution in [0.2, 0.25) is 5.02 Å². The molecule has 6 nitrogen and oxygen atoms in total. The molecule has 0 radical (unpaired) electrons. The molecule has 0 bridgehead atoms. The number of thioether (sulfide) groups is 1. The summed E-state index contributed by atoms with van der Waals surface area (Å²) in [6, 6.07) is 13.9. The number of hydrogen-bond donors (Lipinski definition) is 1. The summed E-state index contributed by atoms with van der Waals surface area (Å²) in [7, 11) is -4.09. The van der Waals surface area contributed by atoms with Crippen LogP contribution in [-0.2, 0) is 22.3 Å².